The first-order valence-electron chi connectivity index (χ1n) is 35.5. The van der Waals surface area contributed by atoms with Gasteiger partial charge in [-0.25, -0.2) is 0 Å². The van der Waals surface area contributed by atoms with Crippen molar-refractivity contribution in [3.8, 4) is 0 Å². The molecule has 0 aromatic rings. The third-order valence-corrected chi connectivity index (χ3v) is 16.2. The van der Waals surface area contributed by atoms with Crippen LogP contribution in [0.2, 0.25) is 0 Å². The van der Waals surface area contributed by atoms with Gasteiger partial charge in [0.2, 0.25) is 0 Å². The van der Waals surface area contributed by atoms with Crippen molar-refractivity contribution in [3.63, 3.8) is 0 Å². The molecule has 0 rings (SSSR count). The number of unbranched alkanes of at least 4 members (excludes halogenated alkanes) is 49. The summed E-state index contributed by atoms with van der Waals surface area (Å²) in [6.45, 7) is 6.57. The fourth-order valence-electron chi connectivity index (χ4n) is 10.9. The zero-order chi connectivity index (χ0) is 57.1. The van der Waals surface area contributed by atoms with Gasteiger partial charge >= 0.3 is 17.9 Å². The molecule has 0 saturated carbocycles. The highest BCUT2D eigenvalue weighted by molar-refractivity contribution is 5.71. The molecule has 1 unspecified atom stereocenters. The third-order valence-electron chi connectivity index (χ3n) is 16.2. The van der Waals surface area contributed by atoms with E-state index in [2.05, 4.69) is 57.2 Å². The Morgan fingerprint density at radius 3 is 0.772 bits per heavy atom. The van der Waals surface area contributed by atoms with E-state index in [1.165, 1.54) is 270 Å². The van der Waals surface area contributed by atoms with Crippen LogP contribution in [0.1, 0.15) is 393 Å². The summed E-state index contributed by atoms with van der Waals surface area (Å²) in [5.41, 5.74) is 0. The molecule has 0 saturated heterocycles. The molecule has 0 spiro atoms. The maximum Gasteiger partial charge on any atom is 0.306 e. The number of allylic oxidation sites excluding steroid dienone is 6. The summed E-state index contributed by atoms with van der Waals surface area (Å²) in [4.78, 5) is 38.3. The fourth-order valence-corrected chi connectivity index (χ4v) is 10.9. The second-order valence-corrected chi connectivity index (χ2v) is 24.1. The molecule has 6 nitrogen and oxygen atoms in total. The molecule has 1 atom stereocenters. The lowest BCUT2D eigenvalue weighted by atomic mass is 10.0. The lowest BCUT2D eigenvalue weighted by Gasteiger charge is -2.18. The molecule has 0 aliphatic carbocycles. The zero-order valence-electron chi connectivity index (χ0n) is 53.4. The van der Waals surface area contributed by atoms with Crippen LogP contribution >= 0.6 is 0 Å². The van der Waals surface area contributed by atoms with Crippen molar-refractivity contribution in [2.45, 2.75) is 399 Å². The van der Waals surface area contributed by atoms with Crippen LogP contribution in [0.25, 0.3) is 0 Å². The smallest absolute Gasteiger partial charge is 0.306 e. The van der Waals surface area contributed by atoms with Crippen molar-refractivity contribution >= 4 is 17.9 Å². The van der Waals surface area contributed by atoms with Crippen LogP contribution in [0, 0.1) is 0 Å². The van der Waals surface area contributed by atoms with Gasteiger partial charge in [-0.15, -0.1) is 0 Å². The third kappa shape index (κ3) is 66.3. The van der Waals surface area contributed by atoms with Gasteiger partial charge in [0.1, 0.15) is 13.2 Å². The molecule has 0 heterocycles. The molecule has 0 aliphatic heterocycles. The minimum Gasteiger partial charge on any atom is -0.462 e. The average molecular weight is 1110 g/mol. The van der Waals surface area contributed by atoms with Gasteiger partial charge in [0, 0.05) is 19.3 Å². The molecule has 0 bridgehead atoms. The van der Waals surface area contributed by atoms with Crippen LogP contribution in [0.15, 0.2) is 36.5 Å². The molecule has 464 valence electrons. The molecule has 0 radical (unpaired) electrons. The standard InChI is InChI=1S/C73H136O6/c1-4-7-10-13-16-19-22-25-27-29-30-31-32-33-34-35-36-37-38-39-40-41-42-43-44-46-48-51-54-57-60-63-66-72(75)78-69-70(68-77-71(74)65-62-59-56-53-50-47-24-21-18-15-12-9-6-3)79-73(76)67-64-61-58-55-52-49-45-28-26-23-20-17-14-11-8-5-2/h9,12,18,21,47,50,70H,4-8,10-11,13-17,19-20,22-46,48-49,51-69H2,1-3H3/b12-9-,21-18-,50-47-. The van der Waals surface area contributed by atoms with Crippen molar-refractivity contribution in [2.24, 2.45) is 0 Å². The largest absolute Gasteiger partial charge is 0.462 e. The van der Waals surface area contributed by atoms with Crippen LogP contribution in [-0.4, -0.2) is 37.2 Å². The SMILES string of the molecule is CC/C=C\C/C=C\C/C=C\CCCCCC(=O)OCC(COC(=O)CCCCCCCCCCCCCCCCCCCCCCCCCCCCCCCCCC)OC(=O)CCCCCCCCCCCCCCCCCC. The van der Waals surface area contributed by atoms with E-state index in [1.807, 2.05) is 0 Å². The van der Waals surface area contributed by atoms with E-state index in [0.717, 1.165) is 83.5 Å². The van der Waals surface area contributed by atoms with Gasteiger partial charge in [-0.1, -0.05) is 359 Å². The first kappa shape index (κ1) is 76.6. The van der Waals surface area contributed by atoms with Gasteiger partial charge < -0.3 is 14.2 Å². The molecular weight excluding hydrogens is 973 g/mol. The Kier molecular flexibility index (Phi) is 66.1. The monoisotopic (exact) mass is 1110 g/mol. The Balaban J connectivity index is 4.10. The Morgan fingerprint density at radius 2 is 0.494 bits per heavy atom. The van der Waals surface area contributed by atoms with E-state index >= 15 is 0 Å². The Morgan fingerprint density at radius 1 is 0.266 bits per heavy atom. The van der Waals surface area contributed by atoms with Crippen LogP contribution in [0.3, 0.4) is 0 Å². The minimum atomic E-state index is -0.781. The molecule has 0 amide bonds. The number of carbonyl (C=O) groups excluding carboxylic acids is 3. The zero-order valence-corrected chi connectivity index (χ0v) is 53.4. The van der Waals surface area contributed by atoms with Crippen LogP contribution in [0.4, 0.5) is 0 Å². The quantitative estimate of drug-likeness (QED) is 0.0261. The number of hydrogen-bond donors (Lipinski definition) is 0. The number of carbonyl (C=O) groups is 3. The predicted octanol–water partition coefficient (Wildman–Crippen LogP) is 24.3. The highest BCUT2D eigenvalue weighted by Crippen LogP contribution is 2.19. The normalized spacial score (nSPS) is 12.2. The molecule has 0 fully saturated rings. The van der Waals surface area contributed by atoms with E-state index in [9.17, 15) is 14.4 Å². The summed E-state index contributed by atoms with van der Waals surface area (Å²) >= 11 is 0. The first-order chi connectivity index (χ1) is 39.0. The molecule has 0 N–H and O–H groups in total. The average Bonchev–Trinajstić information content (AvgIpc) is 3.45. The fraction of sp³-hybridized carbons (Fsp3) is 0.877. The van der Waals surface area contributed by atoms with Gasteiger partial charge in [-0.05, 0) is 51.4 Å². The van der Waals surface area contributed by atoms with E-state index < -0.39 is 6.10 Å². The van der Waals surface area contributed by atoms with Gasteiger partial charge in [0.05, 0.1) is 0 Å². The summed E-state index contributed by atoms with van der Waals surface area (Å²) in [5, 5.41) is 0. The van der Waals surface area contributed by atoms with Crippen molar-refractivity contribution in [1.82, 2.24) is 0 Å². The van der Waals surface area contributed by atoms with Gasteiger partial charge in [0.25, 0.3) is 0 Å². The lowest BCUT2D eigenvalue weighted by Crippen LogP contribution is -2.30. The molecule has 6 heteroatoms. The van der Waals surface area contributed by atoms with Crippen LogP contribution in [-0.2, 0) is 28.6 Å². The lowest BCUT2D eigenvalue weighted by molar-refractivity contribution is -0.167. The summed E-state index contributed by atoms with van der Waals surface area (Å²) < 4.78 is 16.9. The van der Waals surface area contributed by atoms with Crippen molar-refractivity contribution in [1.29, 1.82) is 0 Å². The topological polar surface area (TPSA) is 78.9 Å². The Bertz CT molecular complexity index is 1320. The summed E-state index contributed by atoms with van der Waals surface area (Å²) in [7, 11) is 0. The Labute approximate surface area is 493 Å². The number of hydrogen-bond acceptors (Lipinski definition) is 6. The number of rotatable bonds is 66. The van der Waals surface area contributed by atoms with E-state index in [1.54, 1.807) is 0 Å². The van der Waals surface area contributed by atoms with Crippen LogP contribution < -0.4 is 0 Å². The van der Waals surface area contributed by atoms with Crippen molar-refractivity contribution < 1.29 is 28.6 Å². The Hall–Kier alpha value is -2.37. The van der Waals surface area contributed by atoms with E-state index in [0.29, 0.717) is 19.3 Å². The van der Waals surface area contributed by atoms with Gasteiger partial charge in [-0.2, -0.15) is 0 Å². The second-order valence-electron chi connectivity index (χ2n) is 24.1. The van der Waals surface area contributed by atoms with Gasteiger partial charge in [0.15, 0.2) is 6.10 Å². The maximum atomic E-state index is 12.9. The number of esters is 3. The van der Waals surface area contributed by atoms with Crippen LogP contribution in [0.5, 0.6) is 0 Å². The summed E-state index contributed by atoms with van der Waals surface area (Å²) in [6, 6.07) is 0. The van der Waals surface area contributed by atoms with Crippen molar-refractivity contribution in [3.05, 3.63) is 36.5 Å². The minimum absolute atomic E-state index is 0.0760. The first-order valence-corrected chi connectivity index (χ1v) is 35.5. The molecular formula is C73H136O6. The molecule has 0 aliphatic rings. The van der Waals surface area contributed by atoms with Crippen molar-refractivity contribution in [2.75, 3.05) is 13.2 Å². The number of ether oxygens (including phenoxy) is 3. The van der Waals surface area contributed by atoms with E-state index in [-0.39, 0.29) is 31.1 Å². The molecule has 0 aromatic carbocycles. The van der Waals surface area contributed by atoms with Gasteiger partial charge in [-0.3, -0.25) is 14.4 Å². The predicted molar refractivity (Wildman–Crippen MR) is 344 cm³/mol. The second kappa shape index (κ2) is 68.1. The molecule has 0 aromatic heterocycles. The van der Waals surface area contributed by atoms with E-state index in [4.69, 9.17) is 14.2 Å². The summed E-state index contributed by atoms with van der Waals surface area (Å²) in [6.07, 6.45) is 84.9. The highest BCUT2D eigenvalue weighted by Gasteiger charge is 2.19. The highest BCUT2D eigenvalue weighted by atomic mass is 16.6. The molecule has 79 heavy (non-hydrogen) atoms. The maximum absolute atomic E-state index is 12.9. The summed E-state index contributed by atoms with van der Waals surface area (Å²) in [5.74, 6) is -0.880.